The molecule has 5 heteroatoms. The topological polar surface area (TPSA) is 51.2 Å². The van der Waals surface area contributed by atoms with Crippen LogP contribution in [0.25, 0.3) is 11.3 Å². The van der Waals surface area contributed by atoms with Gasteiger partial charge in [-0.05, 0) is 50.2 Å². The number of ether oxygens (including phenoxy) is 1. The maximum atomic E-state index is 12.3. The fraction of sp³-hybridized carbons (Fsp3) is 0.158. The van der Waals surface area contributed by atoms with Gasteiger partial charge in [-0.15, -0.1) is 11.3 Å². The summed E-state index contributed by atoms with van der Waals surface area (Å²) in [4.78, 5) is 16.8. The molecule has 3 aromatic rings. The average molecular weight is 338 g/mol. The summed E-state index contributed by atoms with van der Waals surface area (Å²) < 4.78 is 5.44. The quantitative estimate of drug-likeness (QED) is 0.729. The van der Waals surface area contributed by atoms with Gasteiger partial charge in [-0.3, -0.25) is 10.1 Å². The number of thiazole rings is 1. The Kier molecular flexibility index (Phi) is 4.91. The van der Waals surface area contributed by atoms with Gasteiger partial charge in [0.05, 0.1) is 12.3 Å². The second-order valence-corrected chi connectivity index (χ2v) is 6.18. The fourth-order valence-corrected chi connectivity index (χ4v) is 3.02. The number of rotatable bonds is 5. The van der Waals surface area contributed by atoms with Crippen LogP contribution in [0.2, 0.25) is 0 Å². The fourth-order valence-electron chi connectivity index (χ4n) is 2.31. The van der Waals surface area contributed by atoms with Gasteiger partial charge in [0.1, 0.15) is 5.75 Å². The Balaban J connectivity index is 1.72. The summed E-state index contributed by atoms with van der Waals surface area (Å²) in [6, 6.07) is 15.3. The molecule has 1 amide bonds. The molecule has 3 rings (SSSR count). The van der Waals surface area contributed by atoms with Crippen LogP contribution in [0.15, 0.2) is 53.9 Å². The normalized spacial score (nSPS) is 10.4. The summed E-state index contributed by atoms with van der Waals surface area (Å²) in [6.07, 6.45) is 0. The van der Waals surface area contributed by atoms with Crippen molar-refractivity contribution in [2.24, 2.45) is 0 Å². The zero-order valence-corrected chi connectivity index (χ0v) is 14.4. The van der Waals surface area contributed by atoms with Gasteiger partial charge in [0.2, 0.25) is 0 Å². The van der Waals surface area contributed by atoms with E-state index in [-0.39, 0.29) is 5.91 Å². The van der Waals surface area contributed by atoms with Crippen molar-refractivity contribution in [2.75, 3.05) is 11.9 Å². The van der Waals surface area contributed by atoms with E-state index in [0.29, 0.717) is 17.3 Å². The van der Waals surface area contributed by atoms with Gasteiger partial charge in [0.25, 0.3) is 5.91 Å². The van der Waals surface area contributed by atoms with E-state index in [2.05, 4.69) is 10.3 Å². The summed E-state index contributed by atoms with van der Waals surface area (Å²) in [5.74, 6) is 0.691. The third kappa shape index (κ3) is 3.81. The number of benzene rings is 2. The van der Waals surface area contributed by atoms with E-state index in [0.717, 1.165) is 22.6 Å². The summed E-state index contributed by atoms with van der Waals surface area (Å²) in [7, 11) is 0. The smallest absolute Gasteiger partial charge is 0.257 e. The Morgan fingerprint density at radius 1 is 1.21 bits per heavy atom. The molecular formula is C19H18N2O2S. The number of carbonyl (C=O) groups excluding carboxylic acids is 1. The number of carbonyl (C=O) groups is 1. The van der Waals surface area contributed by atoms with E-state index in [4.69, 9.17) is 4.74 Å². The lowest BCUT2D eigenvalue weighted by Crippen LogP contribution is -2.11. The van der Waals surface area contributed by atoms with Crippen LogP contribution in [-0.2, 0) is 0 Å². The van der Waals surface area contributed by atoms with Crippen LogP contribution in [0.5, 0.6) is 5.75 Å². The summed E-state index contributed by atoms with van der Waals surface area (Å²) in [5, 5.41) is 5.37. The molecule has 1 aromatic heterocycles. The molecule has 0 aliphatic heterocycles. The van der Waals surface area contributed by atoms with Gasteiger partial charge in [-0.2, -0.15) is 0 Å². The highest BCUT2D eigenvalue weighted by Crippen LogP contribution is 2.26. The number of hydrogen-bond donors (Lipinski definition) is 1. The lowest BCUT2D eigenvalue weighted by molar-refractivity contribution is 0.102. The molecule has 2 aromatic carbocycles. The van der Waals surface area contributed by atoms with Crippen molar-refractivity contribution < 1.29 is 9.53 Å². The first kappa shape index (κ1) is 16.2. The molecule has 0 bridgehead atoms. The number of aromatic nitrogens is 1. The molecule has 24 heavy (non-hydrogen) atoms. The van der Waals surface area contributed by atoms with E-state index >= 15 is 0 Å². The first-order valence-electron chi connectivity index (χ1n) is 7.72. The maximum absolute atomic E-state index is 12.3. The lowest BCUT2D eigenvalue weighted by Gasteiger charge is -2.03. The van der Waals surface area contributed by atoms with E-state index < -0.39 is 0 Å². The minimum Gasteiger partial charge on any atom is -0.494 e. The van der Waals surface area contributed by atoms with Crippen LogP contribution in [-0.4, -0.2) is 17.5 Å². The highest BCUT2D eigenvalue weighted by atomic mass is 32.1. The predicted octanol–water partition coefficient (Wildman–Crippen LogP) is 4.77. The Labute approximate surface area is 145 Å². The standard InChI is InChI=1S/C19H18N2O2S/c1-3-23-16-9-7-14(8-10-16)17-12-24-19(20-17)21-18(22)15-6-4-5-13(2)11-15/h4-12H,3H2,1-2H3,(H,20,21,22). The first-order valence-corrected chi connectivity index (χ1v) is 8.60. The van der Waals surface area contributed by atoms with Crippen LogP contribution >= 0.6 is 11.3 Å². The molecule has 0 fully saturated rings. The molecule has 0 atom stereocenters. The van der Waals surface area contributed by atoms with Crippen LogP contribution in [0.4, 0.5) is 5.13 Å². The SMILES string of the molecule is CCOc1ccc(-c2csc(NC(=O)c3cccc(C)c3)n2)cc1. The highest BCUT2D eigenvalue weighted by molar-refractivity contribution is 7.14. The molecule has 0 spiro atoms. The van der Waals surface area contributed by atoms with Crippen LogP contribution in [0.3, 0.4) is 0 Å². The zero-order valence-electron chi connectivity index (χ0n) is 13.6. The van der Waals surface area contributed by atoms with Crippen molar-refractivity contribution >= 4 is 22.4 Å². The Morgan fingerprint density at radius 3 is 2.71 bits per heavy atom. The second-order valence-electron chi connectivity index (χ2n) is 5.32. The molecule has 0 aliphatic rings. The molecule has 1 N–H and O–H groups in total. The Hall–Kier alpha value is -2.66. The molecular weight excluding hydrogens is 320 g/mol. The molecule has 1 heterocycles. The highest BCUT2D eigenvalue weighted by Gasteiger charge is 2.10. The van der Waals surface area contributed by atoms with Gasteiger partial charge in [-0.1, -0.05) is 17.7 Å². The zero-order chi connectivity index (χ0) is 16.9. The number of amides is 1. The molecule has 0 aliphatic carbocycles. The monoisotopic (exact) mass is 338 g/mol. The number of hydrogen-bond acceptors (Lipinski definition) is 4. The molecule has 0 saturated carbocycles. The maximum Gasteiger partial charge on any atom is 0.257 e. The summed E-state index contributed by atoms with van der Waals surface area (Å²) >= 11 is 1.41. The van der Waals surface area contributed by atoms with E-state index in [1.165, 1.54) is 11.3 Å². The minimum absolute atomic E-state index is 0.147. The molecule has 0 unspecified atom stereocenters. The van der Waals surface area contributed by atoms with Crippen molar-refractivity contribution in [3.63, 3.8) is 0 Å². The third-order valence-electron chi connectivity index (χ3n) is 3.47. The Bertz CT molecular complexity index is 841. The number of nitrogens with one attached hydrogen (secondary N) is 1. The molecule has 0 radical (unpaired) electrons. The van der Waals surface area contributed by atoms with Gasteiger partial charge < -0.3 is 4.74 Å². The van der Waals surface area contributed by atoms with Crippen LogP contribution in [0.1, 0.15) is 22.8 Å². The van der Waals surface area contributed by atoms with E-state index in [1.807, 2.05) is 61.7 Å². The van der Waals surface area contributed by atoms with Crippen molar-refractivity contribution in [1.82, 2.24) is 4.98 Å². The summed E-state index contributed by atoms with van der Waals surface area (Å²) in [6.45, 7) is 4.56. The van der Waals surface area contributed by atoms with E-state index in [1.54, 1.807) is 6.07 Å². The number of anilines is 1. The Morgan fingerprint density at radius 2 is 2.00 bits per heavy atom. The average Bonchev–Trinajstić information content (AvgIpc) is 3.04. The third-order valence-corrected chi connectivity index (χ3v) is 4.22. The minimum atomic E-state index is -0.147. The number of aryl methyl sites for hydroxylation is 1. The molecule has 4 nitrogen and oxygen atoms in total. The van der Waals surface area contributed by atoms with Crippen molar-refractivity contribution in [2.45, 2.75) is 13.8 Å². The van der Waals surface area contributed by atoms with Gasteiger partial charge in [-0.25, -0.2) is 4.98 Å². The second kappa shape index (κ2) is 7.27. The molecule has 122 valence electrons. The largest absolute Gasteiger partial charge is 0.494 e. The van der Waals surface area contributed by atoms with Gasteiger partial charge in [0, 0.05) is 16.5 Å². The van der Waals surface area contributed by atoms with Gasteiger partial charge in [0.15, 0.2) is 5.13 Å². The van der Waals surface area contributed by atoms with Crippen LogP contribution in [0, 0.1) is 6.92 Å². The predicted molar refractivity (Wildman–Crippen MR) is 97.9 cm³/mol. The lowest BCUT2D eigenvalue weighted by atomic mass is 10.1. The van der Waals surface area contributed by atoms with Crippen molar-refractivity contribution in [3.8, 4) is 17.0 Å². The van der Waals surface area contributed by atoms with Crippen LogP contribution < -0.4 is 10.1 Å². The van der Waals surface area contributed by atoms with Gasteiger partial charge >= 0.3 is 0 Å². The molecule has 0 saturated heterocycles. The van der Waals surface area contributed by atoms with Crippen molar-refractivity contribution in [3.05, 3.63) is 65.0 Å². The summed E-state index contributed by atoms with van der Waals surface area (Å²) in [5.41, 5.74) is 3.51. The first-order chi connectivity index (χ1) is 11.7. The van der Waals surface area contributed by atoms with E-state index in [9.17, 15) is 4.79 Å². The van der Waals surface area contributed by atoms with Crippen molar-refractivity contribution in [1.29, 1.82) is 0 Å². The number of nitrogens with zero attached hydrogens (tertiary/aromatic N) is 1.